The summed E-state index contributed by atoms with van der Waals surface area (Å²) >= 11 is 0. The van der Waals surface area contributed by atoms with Gasteiger partial charge >= 0.3 is 0 Å². The van der Waals surface area contributed by atoms with Crippen molar-refractivity contribution in [3.8, 4) is 6.07 Å². The zero-order chi connectivity index (χ0) is 29.9. The van der Waals surface area contributed by atoms with Gasteiger partial charge in [0.25, 0.3) is 0 Å². The third kappa shape index (κ3) is 4.53. The largest absolute Gasteiger partial charge is 0.356 e. The van der Waals surface area contributed by atoms with Crippen LogP contribution in [0.25, 0.3) is 0 Å². The maximum atomic E-state index is 14.2. The Morgan fingerprint density at radius 1 is 1.10 bits per heavy atom. The molecule has 4 rings (SSSR count). The van der Waals surface area contributed by atoms with Crippen molar-refractivity contribution in [2.24, 2.45) is 44.3 Å². The summed E-state index contributed by atoms with van der Waals surface area (Å²) in [5.74, 6) is 0.155. The predicted octanol–water partition coefficient (Wildman–Crippen LogP) is 7.51. The molecule has 0 saturated heterocycles. The molecule has 1 amide bonds. The molecule has 4 aliphatic carbocycles. The van der Waals surface area contributed by atoms with Crippen molar-refractivity contribution in [1.82, 2.24) is 5.32 Å². The van der Waals surface area contributed by atoms with Crippen LogP contribution >= 0.6 is 0 Å². The number of ketones is 2. The summed E-state index contributed by atoms with van der Waals surface area (Å²) in [4.78, 5) is 39.8. The lowest BCUT2D eigenvalue weighted by molar-refractivity contribution is -0.147. The van der Waals surface area contributed by atoms with Crippen LogP contribution in [0, 0.1) is 55.7 Å². The van der Waals surface area contributed by atoms with E-state index < -0.39 is 10.8 Å². The third-order valence-electron chi connectivity index (χ3n) is 12.8. The van der Waals surface area contributed by atoms with Gasteiger partial charge in [0, 0.05) is 29.7 Å². The van der Waals surface area contributed by atoms with Crippen molar-refractivity contribution in [2.45, 2.75) is 120 Å². The Morgan fingerprint density at radius 3 is 2.38 bits per heavy atom. The van der Waals surface area contributed by atoms with Crippen LogP contribution in [0.2, 0.25) is 0 Å². The van der Waals surface area contributed by atoms with Gasteiger partial charge in [-0.1, -0.05) is 80.4 Å². The molecule has 0 radical (unpaired) electrons. The molecule has 0 heterocycles. The SMILES string of the molecule is CCC(=O)NC[C@@]1(CCC(C)(C)CC)CC[C@]2(C)[C@@H](C1)C(=O)C=C1[C@@]3(C)C=C(C#N)C(=O)C(C)(C)C3CC[C@]12C. The van der Waals surface area contributed by atoms with E-state index in [1.54, 1.807) is 0 Å². The zero-order valence-corrected chi connectivity index (χ0v) is 26.6. The summed E-state index contributed by atoms with van der Waals surface area (Å²) in [5.41, 5.74) is -0.0716. The van der Waals surface area contributed by atoms with Crippen molar-refractivity contribution in [1.29, 1.82) is 5.26 Å². The zero-order valence-electron chi connectivity index (χ0n) is 26.6. The first-order valence-electron chi connectivity index (χ1n) is 15.7. The molecule has 6 atom stereocenters. The second kappa shape index (κ2) is 9.95. The van der Waals surface area contributed by atoms with Crippen LogP contribution in [0.5, 0.6) is 0 Å². The van der Waals surface area contributed by atoms with Crippen LogP contribution in [0.1, 0.15) is 120 Å². The molecule has 0 bridgehead atoms. The van der Waals surface area contributed by atoms with E-state index in [0.717, 1.165) is 56.9 Å². The van der Waals surface area contributed by atoms with E-state index in [0.29, 0.717) is 13.0 Å². The van der Waals surface area contributed by atoms with E-state index in [2.05, 4.69) is 52.9 Å². The summed E-state index contributed by atoms with van der Waals surface area (Å²) in [6.45, 7) is 20.2. The first kappa shape index (κ1) is 30.7. The Balaban J connectivity index is 1.77. The summed E-state index contributed by atoms with van der Waals surface area (Å²) in [5, 5.41) is 13.1. The minimum Gasteiger partial charge on any atom is -0.356 e. The number of hydrogen-bond acceptors (Lipinski definition) is 4. The molecule has 2 saturated carbocycles. The monoisotopic (exact) mass is 548 g/mol. The third-order valence-corrected chi connectivity index (χ3v) is 12.8. The second-order valence-electron chi connectivity index (χ2n) is 15.7. The molecule has 0 aliphatic heterocycles. The minimum atomic E-state index is -0.650. The molecule has 220 valence electrons. The number of amides is 1. The van der Waals surface area contributed by atoms with Crippen LogP contribution in [0.15, 0.2) is 23.3 Å². The maximum Gasteiger partial charge on any atom is 0.219 e. The molecular weight excluding hydrogens is 496 g/mol. The van der Waals surface area contributed by atoms with E-state index in [1.165, 1.54) is 0 Å². The van der Waals surface area contributed by atoms with E-state index in [1.807, 2.05) is 32.9 Å². The lowest BCUT2D eigenvalue weighted by atomic mass is 9.36. The summed E-state index contributed by atoms with van der Waals surface area (Å²) < 4.78 is 0. The second-order valence-corrected chi connectivity index (χ2v) is 15.7. The molecule has 5 heteroatoms. The fourth-order valence-corrected chi connectivity index (χ4v) is 9.24. The average Bonchev–Trinajstić information content (AvgIpc) is 2.91. The Morgan fingerprint density at radius 2 is 1.77 bits per heavy atom. The van der Waals surface area contributed by atoms with Crippen LogP contribution in [0.3, 0.4) is 0 Å². The van der Waals surface area contributed by atoms with Gasteiger partial charge in [0.2, 0.25) is 5.91 Å². The van der Waals surface area contributed by atoms with Crippen LogP contribution in [-0.4, -0.2) is 24.0 Å². The molecule has 0 aromatic carbocycles. The van der Waals surface area contributed by atoms with Crippen molar-refractivity contribution >= 4 is 17.5 Å². The van der Waals surface area contributed by atoms with E-state index >= 15 is 0 Å². The number of nitrogens with zero attached hydrogens (tertiary/aromatic N) is 1. The lowest BCUT2D eigenvalue weighted by Crippen LogP contribution is -2.62. The first-order valence-corrected chi connectivity index (χ1v) is 15.7. The molecule has 0 aromatic heterocycles. The van der Waals surface area contributed by atoms with Gasteiger partial charge in [-0.2, -0.15) is 5.26 Å². The molecule has 4 aliphatic rings. The van der Waals surface area contributed by atoms with Crippen molar-refractivity contribution in [3.63, 3.8) is 0 Å². The highest BCUT2D eigenvalue weighted by Crippen LogP contribution is 2.72. The standard InChI is InChI=1S/C35H52N2O3/c1-10-28(39)37-22-35(16-14-30(3,4)11-2)17-15-33(8)24(20-35)25(38)18-27-32(7)19-23(21-36)29(40)31(5,6)26(32)12-13-34(27,33)9/h18-19,24,26H,10-17,20,22H2,1-9H3,(H,37,39)/t24-,26?,32-,33+,34+,35-/m0/s1. The van der Waals surface area contributed by atoms with E-state index in [9.17, 15) is 19.6 Å². The van der Waals surface area contributed by atoms with Gasteiger partial charge in [0.1, 0.15) is 6.07 Å². The fraction of sp³-hybridized carbons (Fsp3) is 0.771. The summed E-state index contributed by atoms with van der Waals surface area (Å²) in [6.07, 6.45) is 12.1. The van der Waals surface area contributed by atoms with E-state index in [-0.39, 0.29) is 56.5 Å². The highest BCUT2D eigenvalue weighted by atomic mass is 16.1. The number of allylic oxidation sites excluding steroid dienone is 4. The van der Waals surface area contributed by atoms with Crippen molar-refractivity contribution < 1.29 is 14.4 Å². The van der Waals surface area contributed by atoms with Crippen molar-refractivity contribution in [3.05, 3.63) is 23.3 Å². The minimum absolute atomic E-state index is 0.0556. The number of hydrogen-bond donors (Lipinski definition) is 1. The Hall–Kier alpha value is -2.22. The van der Waals surface area contributed by atoms with Gasteiger partial charge in [-0.05, 0) is 78.6 Å². The van der Waals surface area contributed by atoms with Crippen LogP contribution < -0.4 is 5.32 Å². The lowest BCUT2D eigenvalue weighted by Gasteiger charge is -2.66. The maximum absolute atomic E-state index is 14.2. The van der Waals surface area contributed by atoms with Gasteiger partial charge in [-0.25, -0.2) is 0 Å². The molecule has 2 fully saturated rings. The molecule has 0 spiro atoms. The molecule has 0 aromatic rings. The van der Waals surface area contributed by atoms with Crippen LogP contribution in [0.4, 0.5) is 0 Å². The molecular formula is C35H52N2O3. The smallest absolute Gasteiger partial charge is 0.219 e. The number of rotatable bonds is 7. The summed E-state index contributed by atoms with van der Waals surface area (Å²) in [6, 6.07) is 2.19. The molecule has 1 N–H and O–H groups in total. The number of carbonyl (C=O) groups excluding carboxylic acids is 3. The molecule has 1 unspecified atom stereocenters. The summed E-state index contributed by atoms with van der Waals surface area (Å²) in [7, 11) is 0. The fourth-order valence-electron chi connectivity index (χ4n) is 9.24. The molecule has 40 heavy (non-hydrogen) atoms. The highest BCUT2D eigenvalue weighted by molar-refractivity contribution is 6.04. The van der Waals surface area contributed by atoms with E-state index in [4.69, 9.17) is 0 Å². The predicted molar refractivity (Wildman–Crippen MR) is 159 cm³/mol. The highest BCUT2D eigenvalue weighted by Gasteiger charge is 2.67. The Kier molecular flexibility index (Phi) is 7.65. The number of Topliss-reactive ketones (excluding diaryl/α,β-unsaturated/α-hetero) is 1. The first-order chi connectivity index (χ1) is 18.5. The average molecular weight is 549 g/mol. The van der Waals surface area contributed by atoms with Gasteiger partial charge in [0.05, 0.1) is 5.57 Å². The number of nitriles is 1. The van der Waals surface area contributed by atoms with Crippen LogP contribution in [-0.2, 0) is 14.4 Å². The molecule has 5 nitrogen and oxygen atoms in total. The normalized spacial score (nSPS) is 38.7. The number of fused-ring (bicyclic) bond motifs is 5. The van der Waals surface area contributed by atoms with Gasteiger partial charge in [0.15, 0.2) is 11.6 Å². The Labute approximate surface area is 242 Å². The number of carbonyl (C=O) groups is 3. The quantitative estimate of drug-likeness (QED) is 0.357. The Bertz CT molecular complexity index is 1200. The van der Waals surface area contributed by atoms with Gasteiger partial charge < -0.3 is 5.32 Å². The van der Waals surface area contributed by atoms with Crippen molar-refractivity contribution in [2.75, 3.05) is 6.54 Å². The number of nitrogens with one attached hydrogen (secondary N) is 1. The van der Waals surface area contributed by atoms with Gasteiger partial charge in [-0.15, -0.1) is 0 Å². The van der Waals surface area contributed by atoms with Gasteiger partial charge in [-0.3, -0.25) is 14.4 Å². The topological polar surface area (TPSA) is 87.0 Å².